The zero-order valence-corrected chi connectivity index (χ0v) is 13.1. The number of aliphatic carboxylic acids is 1. The molecule has 0 radical (unpaired) electrons. The third-order valence-electron chi connectivity index (χ3n) is 3.99. The number of anilines is 1. The standard InChI is InChI=1S/C14H20N2O4S/c1-3-6-14(13(17)18)7-9-16(10-14)12-11(21(2,19)20)5-4-8-15-12/h4-5,8H,3,6-7,9-10H2,1-2H3,(H,17,18). The van der Waals surface area contributed by atoms with Gasteiger partial charge in [0.2, 0.25) is 0 Å². The molecule has 0 aliphatic carbocycles. The number of hydrogen-bond donors (Lipinski definition) is 1. The molecule has 0 aromatic carbocycles. The number of nitrogens with zero attached hydrogens (tertiary/aromatic N) is 2. The van der Waals surface area contributed by atoms with E-state index in [0.717, 1.165) is 12.7 Å². The molecule has 0 bridgehead atoms. The number of sulfone groups is 1. The van der Waals surface area contributed by atoms with Crippen LogP contribution < -0.4 is 4.90 Å². The maximum Gasteiger partial charge on any atom is 0.311 e. The molecule has 1 aliphatic heterocycles. The minimum Gasteiger partial charge on any atom is -0.481 e. The van der Waals surface area contributed by atoms with Gasteiger partial charge in [0.1, 0.15) is 10.7 Å². The lowest BCUT2D eigenvalue weighted by Gasteiger charge is -2.25. The molecule has 1 atom stereocenters. The van der Waals surface area contributed by atoms with Crippen molar-refractivity contribution >= 4 is 21.6 Å². The maximum atomic E-state index is 11.8. The van der Waals surface area contributed by atoms with E-state index in [1.807, 2.05) is 6.92 Å². The molecule has 6 nitrogen and oxygen atoms in total. The van der Waals surface area contributed by atoms with Crippen molar-refractivity contribution < 1.29 is 18.3 Å². The lowest BCUT2D eigenvalue weighted by molar-refractivity contribution is -0.148. The average molecular weight is 312 g/mol. The second-order valence-corrected chi connectivity index (χ2v) is 7.59. The van der Waals surface area contributed by atoms with Gasteiger partial charge in [-0.25, -0.2) is 13.4 Å². The average Bonchev–Trinajstić information content (AvgIpc) is 2.84. The lowest BCUT2D eigenvalue weighted by atomic mass is 9.83. The Hall–Kier alpha value is -1.63. The summed E-state index contributed by atoms with van der Waals surface area (Å²) in [6, 6.07) is 3.09. The molecule has 0 spiro atoms. The third kappa shape index (κ3) is 3.02. The minimum atomic E-state index is -3.39. The first-order valence-electron chi connectivity index (χ1n) is 6.93. The van der Waals surface area contributed by atoms with E-state index in [2.05, 4.69) is 4.98 Å². The molecule has 1 aromatic rings. The fourth-order valence-electron chi connectivity index (χ4n) is 2.93. The number of pyridine rings is 1. The first-order chi connectivity index (χ1) is 9.80. The summed E-state index contributed by atoms with van der Waals surface area (Å²) in [5.41, 5.74) is -0.805. The van der Waals surface area contributed by atoms with Crippen LogP contribution in [0.15, 0.2) is 23.2 Å². The van der Waals surface area contributed by atoms with Gasteiger partial charge in [-0.3, -0.25) is 4.79 Å². The molecule has 1 aromatic heterocycles. The molecule has 21 heavy (non-hydrogen) atoms. The molecule has 1 fully saturated rings. The fourth-order valence-corrected chi connectivity index (χ4v) is 3.77. The van der Waals surface area contributed by atoms with Crippen molar-refractivity contribution in [3.8, 4) is 0 Å². The van der Waals surface area contributed by atoms with Crippen molar-refractivity contribution in [3.63, 3.8) is 0 Å². The van der Waals surface area contributed by atoms with E-state index in [-0.39, 0.29) is 4.90 Å². The third-order valence-corrected chi connectivity index (χ3v) is 5.10. The number of hydrogen-bond acceptors (Lipinski definition) is 5. The van der Waals surface area contributed by atoms with E-state index in [0.29, 0.717) is 31.7 Å². The van der Waals surface area contributed by atoms with Crippen molar-refractivity contribution in [2.24, 2.45) is 5.41 Å². The highest BCUT2D eigenvalue weighted by Gasteiger charge is 2.45. The van der Waals surface area contributed by atoms with Crippen LogP contribution in [-0.4, -0.2) is 43.8 Å². The van der Waals surface area contributed by atoms with E-state index in [9.17, 15) is 18.3 Å². The Balaban J connectivity index is 2.36. The predicted octanol–water partition coefficient (Wildman–Crippen LogP) is 1.57. The first kappa shape index (κ1) is 15.8. The van der Waals surface area contributed by atoms with Crippen LogP contribution in [0.5, 0.6) is 0 Å². The molecule has 2 heterocycles. The lowest BCUT2D eigenvalue weighted by Crippen LogP contribution is -2.35. The molecule has 1 N–H and O–H groups in total. The molecule has 1 unspecified atom stereocenters. The molecular formula is C14H20N2O4S. The monoisotopic (exact) mass is 312 g/mol. The Morgan fingerprint density at radius 3 is 2.81 bits per heavy atom. The van der Waals surface area contributed by atoms with Crippen molar-refractivity contribution in [1.82, 2.24) is 4.98 Å². The van der Waals surface area contributed by atoms with Gasteiger partial charge in [-0.2, -0.15) is 0 Å². The Labute approximate surface area is 124 Å². The summed E-state index contributed by atoms with van der Waals surface area (Å²) in [7, 11) is -3.39. The highest BCUT2D eigenvalue weighted by atomic mass is 32.2. The van der Waals surface area contributed by atoms with E-state index in [4.69, 9.17) is 0 Å². The largest absolute Gasteiger partial charge is 0.481 e. The summed E-state index contributed by atoms with van der Waals surface area (Å²) in [4.78, 5) is 17.7. The van der Waals surface area contributed by atoms with Crippen molar-refractivity contribution in [3.05, 3.63) is 18.3 Å². The van der Waals surface area contributed by atoms with Gasteiger partial charge in [-0.05, 0) is 25.0 Å². The Bertz CT molecular complexity index is 644. The molecule has 2 rings (SSSR count). The second kappa shape index (κ2) is 5.63. The predicted molar refractivity (Wildman–Crippen MR) is 79.2 cm³/mol. The normalized spacial score (nSPS) is 22.5. The number of rotatable bonds is 5. The minimum absolute atomic E-state index is 0.155. The molecule has 0 amide bonds. The van der Waals surface area contributed by atoms with Crippen LogP contribution in [0.2, 0.25) is 0 Å². The molecule has 1 aliphatic rings. The van der Waals surface area contributed by atoms with Gasteiger partial charge < -0.3 is 10.0 Å². The van der Waals surface area contributed by atoms with E-state index in [1.54, 1.807) is 11.0 Å². The Morgan fingerprint density at radius 2 is 2.24 bits per heavy atom. The topological polar surface area (TPSA) is 87.6 Å². The van der Waals surface area contributed by atoms with Gasteiger partial charge in [0.05, 0.1) is 5.41 Å². The molecule has 0 saturated carbocycles. The molecule has 7 heteroatoms. The van der Waals surface area contributed by atoms with Gasteiger partial charge in [-0.15, -0.1) is 0 Å². The summed E-state index contributed by atoms with van der Waals surface area (Å²) in [6.07, 6.45) is 4.54. The maximum absolute atomic E-state index is 11.8. The SMILES string of the molecule is CCCC1(C(=O)O)CCN(c2ncccc2S(C)(=O)=O)C1. The summed E-state index contributed by atoms with van der Waals surface area (Å²) >= 11 is 0. The molecule has 1 saturated heterocycles. The van der Waals surface area contributed by atoms with Crippen molar-refractivity contribution in [1.29, 1.82) is 0 Å². The number of carboxylic acid groups (broad SMARTS) is 1. The van der Waals surface area contributed by atoms with Gasteiger partial charge in [0.25, 0.3) is 0 Å². The van der Waals surface area contributed by atoms with E-state index in [1.165, 1.54) is 12.3 Å². The summed E-state index contributed by atoms with van der Waals surface area (Å²) in [6.45, 7) is 2.76. The van der Waals surface area contributed by atoms with Crippen LogP contribution in [0, 0.1) is 5.41 Å². The second-order valence-electron chi connectivity index (χ2n) is 5.60. The zero-order valence-electron chi connectivity index (χ0n) is 12.2. The number of carboxylic acids is 1. The summed E-state index contributed by atoms with van der Waals surface area (Å²) < 4.78 is 23.7. The van der Waals surface area contributed by atoms with Crippen LogP contribution in [0.25, 0.3) is 0 Å². The van der Waals surface area contributed by atoms with Crippen LogP contribution in [0.3, 0.4) is 0 Å². The van der Waals surface area contributed by atoms with Crippen LogP contribution >= 0.6 is 0 Å². The smallest absolute Gasteiger partial charge is 0.311 e. The van der Waals surface area contributed by atoms with Gasteiger partial charge in [-0.1, -0.05) is 13.3 Å². The number of carbonyl (C=O) groups is 1. The summed E-state index contributed by atoms with van der Waals surface area (Å²) in [5.74, 6) is -0.456. The van der Waals surface area contributed by atoms with Crippen LogP contribution in [-0.2, 0) is 14.6 Å². The van der Waals surface area contributed by atoms with E-state index < -0.39 is 21.2 Å². The van der Waals surface area contributed by atoms with Gasteiger partial charge >= 0.3 is 5.97 Å². The Morgan fingerprint density at radius 1 is 1.52 bits per heavy atom. The van der Waals surface area contributed by atoms with Crippen molar-refractivity contribution in [2.75, 3.05) is 24.2 Å². The van der Waals surface area contributed by atoms with Crippen LogP contribution in [0.1, 0.15) is 26.2 Å². The van der Waals surface area contributed by atoms with E-state index >= 15 is 0 Å². The quantitative estimate of drug-likeness (QED) is 0.888. The highest BCUT2D eigenvalue weighted by molar-refractivity contribution is 7.90. The van der Waals surface area contributed by atoms with Crippen LogP contribution in [0.4, 0.5) is 5.82 Å². The Kier molecular flexibility index (Phi) is 4.22. The molecular weight excluding hydrogens is 292 g/mol. The zero-order chi connectivity index (χ0) is 15.7. The first-order valence-corrected chi connectivity index (χ1v) is 8.83. The number of aromatic nitrogens is 1. The molecule has 116 valence electrons. The van der Waals surface area contributed by atoms with Gasteiger partial charge in [0.15, 0.2) is 9.84 Å². The van der Waals surface area contributed by atoms with Crippen molar-refractivity contribution in [2.45, 2.75) is 31.1 Å². The van der Waals surface area contributed by atoms with Gasteiger partial charge in [0, 0.05) is 25.5 Å². The summed E-state index contributed by atoms with van der Waals surface area (Å²) in [5, 5.41) is 9.52. The fraction of sp³-hybridized carbons (Fsp3) is 0.571. The highest BCUT2D eigenvalue weighted by Crippen LogP contribution is 2.38.